The highest BCUT2D eigenvalue weighted by Gasteiger charge is 2.41. The number of fused-ring (bicyclic) bond motifs is 1. The number of nitrogens with zero attached hydrogens (tertiary/aromatic N) is 2. The highest BCUT2D eigenvalue weighted by Crippen LogP contribution is 2.44. The SMILES string of the molecule is Cc1nn(C)c(CC2(O)CC(N)c3ccccc32)c1Br. The van der Waals surface area contributed by atoms with Crippen molar-refractivity contribution in [2.24, 2.45) is 12.8 Å². The number of rotatable bonds is 2. The van der Waals surface area contributed by atoms with Gasteiger partial charge in [-0.05, 0) is 40.4 Å². The van der Waals surface area contributed by atoms with Gasteiger partial charge in [-0.3, -0.25) is 4.68 Å². The maximum absolute atomic E-state index is 11.1. The molecule has 4 nitrogen and oxygen atoms in total. The molecule has 3 N–H and O–H groups in total. The minimum Gasteiger partial charge on any atom is -0.385 e. The van der Waals surface area contributed by atoms with E-state index in [4.69, 9.17) is 5.73 Å². The molecule has 2 aromatic rings. The van der Waals surface area contributed by atoms with Crippen LogP contribution in [-0.2, 0) is 19.1 Å². The third-order valence-electron chi connectivity index (χ3n) is 4.14. The molecule has 3 rings (SSSR count). The number of aryl methyl sites for hydroxylation is 2. The van der Waals surface area contributed by atoms with E-state index in [0.29, 0.717) is 12.8 Å². The number of aliphatic hydroxyl groups is 1. The largest absolute Gasteiger partial charge is 0.385 e. The summed E-state index contributed by atoms with van der Waals surface area (Å²) >= 11 is 3.56. The van der Waals surface area contributed by atoms with Gasteiger partial charge in [-0.25, -0.2) is 0 Å². The third kappa shape index (κ3) is 2.01. The minimum atomic E-state index is -0.918. The molecule has 0 radical (unpaired) electrons. The van der Waals surface area contributed by atoms with E-state index in [1.807, 2.05) is 42.9 Å². The van der Waals surface area contributed by atoms with E-state index in [9.17, 15) is 5.11 Å². The summed E-state index contributed by atoms with van der Waals surface area (Å²) in [6.45, 7) is 1.95. The van der Waals surface area contributed by atoms with Crippen molar-refractivity contribution < 1.29 is 5.11 Å². The Morgan fingerprint density at radius 3 is 2.85 bits per heavy atom. The molecular weight excluding hydrogens is 318 g/mol. The van der Waals surface area contributed by atoms with Crippen LogP contribution in [0.2, 0.25) is 0 Å². The lowest BCUT2D eigenvalue weighted by molar-refractivity contribution is 0.0322. The van der Waals surface area contributed by atoms with Crippen molar-refractivity contribution in [3.63, 3.8) is 0 Å². The minimum absolute atomic E-state index is 0.107. The summed E-state index contributed by atoms with van der Waals surface area (Å²) in [6, 6.07) is 7.78. The summed E-state index contributed by atoms with van der Waals surface area (Å²) in [7, 11) is 1.90. The third-order valence-corrected chi connectivity index (χ3v) is 5.17. The van der Waals surface area contributed by atoms with Gasteiger partial charge in [-0.1, -0.05) is 24.3 Å². The smallest absolute Gasteiger partial charge is 0.0973 e. The van der Waals surface area contributed by atoms with Crippen LogP contribution in [0.15, 0.2) is 28.7 Å². The summed E-state index contributed by atoms with van der Waals surface area (Å²) in [5, 5.41) is 15.5. The zero-order valence-corrected chi connectivity index (χ0v) is 13.2. The second-order valence-corrected chi connectivity index (χ2v) is 6.37. The van der Waals surface area contributed by atoms with Crippen molar-refractivity contribution in [1.29, 1.82) is 0 Å². The molecule has 0 amide bonds. The molecule has 2 atom stereocenters. The molecule has 1 aliphatic rings. The summed E-state index contributed by atoms with van der Waals surface area (Å²) in [5.74, 6) is 0. The monoisotopic (exact) mass is 335 g/mol. The van der Waals surface area contributed by atoms with Crippen LogP contribution < -0.4 is 5.73 Å². The number of nitrogens with two attached hydrogens (primary N) is 1. The molecule has 1 aliphatic carbocycles. The molecule has 1 aromatic heterocycles. The Hall–Kier alpha value is -1.17. The predicted octanol–water partition coefficient (Wildman–Crippen LogP) is 2.32. The Bertz CT molecular complexity index is 667. The van der Waals surface area contributed by atoms with Crippen molar-refractivity contribution >= 4 is 15.9 Å². The molecule has 20 heavy (non-hydrogen) atoms. The summed E-state index contributed by atoms with van der Waals surface area (Å²) < 4.78 is 2.79. The van der Waals surface area contributed by atoms with Crippen LogP contribution >= 0.6 is 15.9 Å². The molecule has 0 aliphatic heterocycles. The van der Waals surface area contributed by atoms with Crippen LogP contribution in [0.1, 0.15) is 35.0 Å². The summed E-state index contributed by atoms with van der Waals surface area (Å²) in [6.07, 6.45) is 1.05. The average molecular weight is 336 g/mol. The van der Waals surface area contributed by atoms with Gasteiger partial charge < -0.3 is 10.8 Å². The van der Waals surface area contributed by atoms with Gasteiger partial charge in [-0.15, -0.1) is 0 Å². The van der Waals surface area contributed by atoms with E-state index >= 15 is 0 Å². The van der Waals surface area contributed by atoms with Crippen LogP contribution in [0, 0.1) is 6.92 Å². The number of hydrogen-bond donors (Lipinski definition) is 2. The summed E-state index contributed by atoms with van der Waals surface area (Å²) in [4.78, 5) is 0. The maximum Gasteiger partial charge on any atom is 0.0973 e. The Morgan fingerprint density at radius 2 is 2.20 bits per heavy atom. The molecule has 0 spiro atoms. The van der Waals surface area contributed by atoms with Crippen molar-refractivity contribution in [2.75, 3.05) is 0 Å². The first kappa shape index (κ1) is 13.8. The quantitative estimate of drug-likeness (QED) is 0.885. The molecule has 1 aromatic carbocycles. The van der Waals surface area contributed by atoms with Gasteiger partial charge in [-0.2, -0.15) is 5.10 Å². The molecule has 0 bridgehead atoms. The molecule has 2 unspecified atom stereocenters. The number of halogens is 1. The molecule has 5 heteroatoms. The Kier molecular flexibility index (Phi) is 3.23. The van der Waals surface area contributed by atoms with Crippen molar-refractivity contribution in [3.05, 3.63) is 51.3 Å². The highest BCUT2D eigenvalue weighted by atomic mass is 79.9. The van der Waals surface area contributed by atoms with E-state index in [1.54, 1.807) is 0 Å². The van der Waals surface area contributed by atoms with E-state index in [2.05, 4.69) is 21.0 Å². The lowest BCUT2D eigenvalue weighted by Crippen LogP contribution is -2.27. The van der Waals surface area contributed by atoms with Crippen LogP contribution in [0.3, 0.4) is 0 Å². The summed E-state index contributed by atoms with van der Waals surface area (Å²) in [5.41, 5.74) is 9.16. The fourth-order valence-electron chi connectivity index (χ4n) is 3.14. The lowest BCUT2D eigenvalue weighted by Gasteiger charge is -2.24. The van der Waals surface area contributed by atoms with Gasteiger partial charge in [0.15, 0.2) is 0 Å². The Morgan fingerprint density at radius 1 is 1.50 bits per heavy atom. The maximum atomic E-state index is 11.1. The molecular formula is C15H18BrN3O. The number of aromatic nitrogens is 2. The molecule has 106 valence electrons. The van der Waals surface area contributed by atoms with Crippen LogP contribution in [0.25, 0.3) is 0 Å². The van der Waals surface area contributed by atoms with Crippen LogP contribution in [0.5, 0.6) is 0 Å². The van der Waals surface area contributed by atoms with Gasteiger partial charge in [0, 0.05) is 19.5 Å². The number of hydrogen-bond acceptors (Lipinski definition) is 3. The van der Waals surface area contributed by atoms with E-state index in [1.165, 1.54) is 0 Å². The molecule has 0 saturated carbocycles. The van der Waals surface area contributed by atoms with Gasteiger partial charge in [0.25, 0.3) is 0 Å². The lowest BCUT2D eigenvalue weighted by atomic mass is 9.90. The second-order valence-electron chi connectivity index (χ2n) is 5.58. The Balaban J connectivity index is 2.03. The molecule has 0 saturated heterocycles. The first-order valence-corrected chi connectivity index (χ1v) is 7.47. The first-order chi connectivity index (χ1) is 9.42. The first-order valence-electron chi connectivity index (χ1n) is 6.68. The number of benzene rings is 1. The van der Waals surface area contributed by atoms with Gasteiger partial charge in [0.05, 0.1) is 21.5 Å². The predicted molar refractivity (Wildman–Crippen MR) is 81.2 cm³/mol. The standard InChI is InChI=1S/C15H18BrN3O/c1-9-14(16)13(19(2)18-9)8-15(20)7-12(17)10-5-3-4-6-11(10)15/h3-6,12,20H,7-8,17H2,1-2H3. The topological polar surface area (TPSA) is 64.1 Å². The normalized spacial score (nSPS) is 24.9. The fourth-order valence-corrected chi connectivity index (χ4v) is 3.62. The van der Waals surface area contributed by atoms with E-state index < -0.39 is 5.60 Å². The molecule has 0 fully saturated rings. The van der Waals surface area contributed by atoms with Gasteiger partial charge in [0.1, 0.15) is 0 Å². The van der Waals surface area contributed by atoms with E-state index in [0.717, 1.165) is 27.0 Å². The molecule has 1 heterocycles. The van der Waals surface area contributed by atoms with Crippen molar-refractivity contribution in [2.45, 2.75) is 31.4 Å². The van der Waals surface area contributed by atoms with Crippen LogP contribution in [0.4, 0.5) is 0 Å². The fraction of sp³-hybridized carbons (Fsp3) is 0.400. The zero-order valence-electron chi connectivity index (χ0n) is 11.6. The van der Waals surface area contributed by atoms with Crippen LogP contribution in [-0.4, -0.2) is 14.9 Å². The zero-order chi connectivity index (χ0) is 14.5. The van der Waals surface area contributed by atoms with Gasteiger partial charge in [0.2, 0.25) is 0 Å². The van der Waals surface area contributed by atoms with E-state index in [-0.39, 0.29) is 6.04 Å². The highest BCUT2D eigenvalue weighted by molar-refractivity contribution is 9.10. The van der Waals surface area contributed by atoms with Crippen molar-refractivity contribution in [3.8, 4) is 0 Å². The van der Waals surface area contributed by atoms with Gasteiger partial charge >= 0.3 is 0 Å². The Labute approximate surface area is 126 Å². The average Bonchev–Trinajstić information content (AvgIpc) is 2.80. The second kappa shape index (κ2) is 4.69. The van der Waals surface area contributed by atoms with Crippen molar-refractivity contribution in [1.82, 2.24) is 9.78 Å².